The van der Waals surface area contributed by atoms with Crippen molar-refractivity contribution in [3.8, 4) is 5.75 Å². The molecule has 22 heavy (non-hydrogen) atoms. The summed E-state index contributed by atoms with van der Waals surface area (Å²) in [5, 5.41) is 0. The maximum atomic E-state index is 5.24. The normalized spacial score (nSPS) is 19.1. The predicted molar refractivity (Wildman–Crippen MR) is 87.0 cm³/mol. The first-order valence-corrected chi connectivity index (χ1v) is 7.89. The Kier molecular flexibility index (Phi) is 4.68. The monoisotopic (exact) mass is 297 g/mol. The highest BCUT2D eigenvalue weighted by molar-refractivity contribution is 5.29. The average Bonchev–Trinajstić information content (AvgIpc) is 2.55. The van der Waals surface area contributed by atoms with Crippen molar-refractivity contribution in [3.63, 3.8) is 0 Å². The molecule has 3 rings (SSSR count). The van der Waals surface area contributed by atoms with Gasteiger partial charge in [-0.25, -0.2) is 9.97 Å². The quantitative estimate of drug-likeness (QED) is 0.869. The summed E-state index contributed by atoms with van der Waals surface area (Å²) in [6.45, 7) is 5.06. The molecule has 0 radical (unpaired) electrons. The number of likely N-dealkylation sites (tertiary alicyclic amines) is 1. The van der Waals surface area contributed by atoms with Gasteiger partial charge in [-0.05, 0) is 56.0 Å². The van der Waals surface area contributed by atoms with Gasteiger partial charge in [-0.1, -0.05) is 12.1 Å². The van der Waals surface area contributed by atoms with Gasteiger partial charge in [0.25, 0.3) is 0 Å². The molecule has 1 aliphatic heterocycles. The number of rotatable bonds is 4. The zero-order chi connectivity index (χ0) is 15.4. The molecule has 1 aromatic carbocycles. The molecule has 0 N–H and O–H groups in total. The molecular weight excluding hydrogens is 274 g/mol. The fourth-order valence-electron chi connectivity index (χ4n) is 3.12. The van der Waals surface area contributed by atoms with Crippen molar-refractivity contribution in [3.05, 3.63) is 53.6 Å². The molecule has 0 amide bonds. The highest BCUT2D eigenvalue weighted by Gasteiger charge is 2.22. The third-order valence-electron chi connectivity index (χ3n) is 4.30. The Morgan fingerprint density at radius 2 is 2.05 bits per heavy atom. The van der Waals surface area contributed by atoms with E-state index in [2.05, 4.69) is 39.1 Å². The Morgan fingerprint density at radius 1 is 1.23 bits per heavy atom. The molecule has 1 aromatic heterocycles. The van der Waals surface area contributed by atoms with Crippen molar-refractivity contribution in [1.29, 1.82) is 0 Å². The molecule has 1 aliphatic rings. The van der Waals surface area contributed by atoms with Crippen LogP contribution < -0.4 is 4.74 Å². The molecule has 116 valence electrons. The summed E-state index contributed by atoms with van der Waals surface area (Å²) in [4.78, 5) is 11.4. The predicted octanol–water partition coefficient (Wildman–Crippen LogP) is 3.17. The molecule has 0 bridgehead atoms. The third kappa shape index (κ3) is 3.63. The van der Waals surface area contributed by atoms with Crippen molar-refractivity contribution >= 4 is 0 Å². The van der Waals surface area contributed by atoms with Crippen LogP contribution in [0, 0.1) is 6.92 Å². The first-order chi connectivity index (χ1) is 10.7. The summed E-state index contributed by atoms with van der Waals surface area (Å²) in [6, 6.07) is 10.4. The van der Waals surface area contributed by atoms with Gasteiger partial charge in [0, 0.05) is 18.4 Å². The van der Waals surface area contributed by atoms with E-state index >= 15 is 0 Å². The number of ether oxygens (including phenoxy) is 1. The van der Waals surface area contributed by atoms with Gasteiger partial charge in [-0.15, -0.1) is 0 Å². The molecule has 1 saturated heterocycles. The van der Waals surface area contributed by atoms with Gasteiger partial charge in [0.1, 0.15) is 11.6 Å². The SMILES string of the molecule is COc1ccc(C2CCCN(Cc3nccc(C)n3)C2)cc1. The summed E-state index contributed by atoms with van der Waals surface area (Å²) in [5.41, 5.74) is 2.43. The van der Waals surface area contributed by atoms with Gasteiger partial charge in [0.05, 0.1) is 13.7 Å². The maximum Gasteiger partial charge on any atom is 0.142 e. The van der Waals surface area contributed by atoms with Gasteiger partial charge in [0.15, 0.2) is 0 Å². The Balaban J connectivity index is 1.65. The van der Waals surface area contributed by atoms with Crippen LogP contribution in [0.1, 0.15) is 35.8 Å². The molecule has 1 atom stereocenters. The molecule has 4 heteroatoms. The molecule has 0 aliphatic carbocycles. The summed E-state index contributed by atoms with van der Waals surface area (Å²) in [7, 11) is 1.71. The van der Waals surface area contributed by atoms with Crippen LogP contribution in [0.4, 0.5) is 0 Å². The summed E-state index contributed by atoms with van der Waals surface area (Å²) < 4.78 is 5.24. The molecule has 0 spiro atoms. The number of aryl methyl sites for hydroxylation is 1. The van der Waals surface area contributed by atoms with Crippen molar-refractivity contribution in [1.82, 2.24) is 14.9 Å². The number of piperidine rings is 1. The van der Waals surface area contributed by atoms with E-state index in [1.165, 1.54) is 18.4 Å². The van der Waals surface area contributed by atoms with Crippen LogP contribution in [0.3, 0.4) is 0 Å². The number of hydrogen-bond donors (Lipinski definition) is 0. The van der Waals surface area contributed by atoms with E-state index in [9.17, 15) is 0 Å². The largest absolute Gasteiger partial charge is 0.497 e. The average molecular weight is 297 g/mol. The Morgan fingerprint density at radius 3 is 2.77 bits per heavy atom. The fraction of sp³-hybridized carbons (Fsp3) is 0.444. The minimum Gasteiger partial charge on any atom is -0.497 e. The second kappa shape index (κ2) is 6.88. The van der Waals surface area contributed by atoms with Crippen LogP contribution >= 0.6 is 0 Å². The third-order valence-corrected chi connectivity index (χ3v) is 4.30. The lowest BCUT2D eigenvalue weighted by Crippen LogP contribution is -2.34. The molecule has 2 heterocycles. The number of hydrogen-bond acceptors (Lipinski definition) is 4. The number of aromatic nitrogens is 2. The minimum atomic E-state index is 0.587. The minimum absolute atomic E-state index is 0.587. The van der Waals surface area contributed by atoms with Gasteiger partial charge >= 0.3 is 0 Å². The molecule has 2 aromatic rings. The second-order valence-electron chi connectivity index (χ2n) is 5.96. The zero-order valence-electron chi connectivity index (χ0n) is 13.3. The molecule has 4 nitrogen and oxygen atoms in total. The van der Waals surface area contributed by atoms with Crippen LogP contribution in [0.2, 0.25) is 0 Å². The van der Waals surface area contributed by atoms with Gasteiger partial charge in [0.2, 0.25) is 0 Å². The highest BCUT2D eigenvalue weighted by atomic mass is 16.5. The lowest BCUT2D eigenvalue weighted by Gasteiger charge is -2.32. The van der Waals surface area contributed by atoms with Crippen LogP contribution in [0.5, 0.6) is 5.75 Å². The lowest BCUT2D eigenvalue weighted by molar-refractivity contribution is 0.195. The molecule has 1 fully saturated rings. The van der Waals surface area contributed by atoms with E-state index < -0.39 is 0 Å². The van der Waals surface area contributed by atoms with Gasteiger partial charge in [-0.3, -0.25) is 4.90 Å². The van der Waals surface area contributed by atoms with E-state index in [1.54, 1.807) is 7.11 Å². The summed E-state index contributed by atoms with van der Waals surface area (Å²) in [5.74, 6) is 2.43. The Bertz CT molecular complexity index is 612. The van der Waals surface area contributed by atoms with E-state index in [-0.39, 0.29) is 0 Å². The Labute approximate surface area is 132 Å². The van der Waals surface area contributed by atoms with Crippen molar-refractivity contribution in [2.75, 3.05) is 20.2 Å². The van der Waals surface area contributed by atoms with Crippen molar-refractivity contribution in [2.24, 2.45) is 0 Å². The number of nitrogens with zero attached hydrogens (tertiary/aromatic N) is 3. The summed E-state index contributed by atoms with van der Waals surface area (Å²) in [6.07, 6.45) is 4.32. The van der Waals surface area contributed by atoms with Crippen molar-refractivity contribution in [2.45, 2.75) is 32.2 Å². The number of benzene rings is 1. The topological polar surface area (TPSA) is 38.2 Å². The fourth-order valence-corrected chi connectivity index (χ4v) is 3.12. The summed E-state index contributed by atoms with van der Waals surface area (Å²) >= 11 is 0. The number of methoxy groups -OCH3 is 1. The first kappa shape index (κ1) is 15.0. The van der Waals surface area contributed by atoms with Crippen molar-refractivity contribution < 1.29 is 4.74 Å². The zero-order valence-corrected chi connectivity index (χ0v) is 13.3. The maximum absolute atomic E-state index is 5.24. The lowest BCUT2D eigenvalue weighted by atomic mass is 9.90. The van der Waals surface area contributed by atoms with E-state index in [0.717, 1.165) is 36.9 Å². The first-order valence-electron chi connectivity index (χ1n) is 7.89. The van der Waals surface area contributed by atoms with Crippen LogP contribution in [-0.4, -0.2) is 35.1 Å². The van der Waals surface area contributed by atoms with Gasteiger partial charge in [-0.2, -0.15) is 0 Å². The van der Waals surface area contributed by atoms with Gasteiger partial charge < -0.3 is 4.74 Å². The smallest absolute Gasteiger partial charge is 0.142 e. The Hall–Kier alpha value is -1.94. The van der Waals surface area contributed by atoms with Crippen LogP contribution in [0.15, 0.2) is 36.5 Å². The molecule has 1 unspecified atom stereocenters. The van der Waals surface area contributed by atoms with Crippen LogP contribution in [-0.2, 0) is 6.54 Å². The van der Waals surface area contributed by atoms with Crippen LogP contribution in [0.25, 0.3) is 0 Å². The standard InChI is InChI=1S/C18H23N3O/c1-14-9-10-19-18(20-14)13-21-11-3-4-16(12-21)15-5-7-17(22-2)8-6-15/h5-10,16H,3-4,11-13H2,1-2H3. The molecule has 0 saturated carbocycles. The molecular formula is C18H23N3O. The van der Waals surface area contributed by atoms with E-state index in [4.69, 9.17) is 4.74 Å². The van der Waals surface area contributed by atoms with E-state index in [0.29, 0.717) is 5.92 Å². The second-order valence-corrected chi connectivity index (χ2v) is 5.96. The van der Waals surface area contributed by atoms with E-state index in [1.807, 2.05) is 19.2 Å². The highest BCUT2D eigenvalue weighted by Crippen LogP contribution is 2.28.